The Morgan fingerprint density at radius 1 is 1.24 bits per heavy atom. The predicted molar refractivity (Wildman–Crippen MR) is 66.0 cm³/mol. The van der Waals surface area contributed by atoms with Crippen molar-refractivity contribution in [3.05, 3.63) is 18.2 Å². The van der Waals surface area contributed by atoms with Crippen LogP contribution in [0.4, 0.5) is 0 Å². The van der Waals surface area contributed by atoms with Crippen LogP contribution in [0.3, 0.4) is 0 Å². The molecule has 0 spiro atoms. The predicted octanol–water partition coefficient (Wildman–Crippen LogP) is 0.965. The van der Waals surface area contributed by atoms with E-state index in [-0.39, 0.29) is 0 Å². The quantitative estimate of drug-likeness (QED) is 0.628. The van der Waals surface area contributed by atoms with Crippen LogP contribution in [-0.2, 0) is 0 Å². The Labute approximate surface area is 104 Å². The van der Waals surface area contributed by atoms with Crippen molar-refractivity contribution in [2.45, 2.75) is 5.16 Å². The number of nitrogens with two attached hydrogens (primary N) is 1. The topological polar surface area (TPSA) is 75.2 Å². The molecule has 0 radical (unpaired) electrons. The second-order valence-corrected chi connectivity index (χ2v) is 3.66. The molecule has 2 aromatic rings. The van der Waals surface area contributed by atoms with Gasteiger partial charge in [-0.15, -0.1) is 22.8 Å². The molecular weight excluding hydrogens is 240 g/mol. The summed E-state index contributed by atoms with van der Waals surface area (Å²) in [5.74, 6) is 7.55. The van der Waals surface area contributed by atoms with E-state index < -0.39 is 0 Å². The fraction of sp³-hybridized carbons (Fsp3) is 0.200. The fourth-order valence-corrected chi connectivity index (χ4v) is 1.60. The first-order valence-corrected chi connectivity index (χ1v) is 5.24. The summed E-state index contributed by atoms with van der Waals surface area (Å²) in [6, 6.07) is 5.35. The molecule has 90 valence electrons. The molecule has 1 heterocycles. The van der Waals surface area contributed by atoms with Gasteiger partial charge in [-0.05, 0) is 18.2 Å². The van der Waals surface area contributed by atoms with Crippen LogP contribution < -0.4 is 15.3 Å². The molecule has 6 nitrogen and oxygen atoms in total. The Bertz CT molecular complexity index is 541. The molecule has 0 atom stereocenters. The lowest BCUT2D eigenvalue weighted by Crippen LogP contribution is -2.11. The van der Waals surface area contributed by atoms with Crippen LogP contribution in [-0.4, -0.2) is 29.1 Å². The van der Waals surface area contributed by atoms with Crippen LogP contribution >= 0.6 is 12.6 Å². The summed E-state index contributed by atoms with van der Waals surface area (Å²) >= 11 is 4.07. The number of nitrogens with zero attached hydrogens (tertiary/aromatic N) is 3. The van der Waals surface area contributed by atoms with Crippen LogP contribution in [0, 0.1) is 0 Å². The van der Waals surface area contributed by atoms with Crippen molar-refractivity contribution >= 4 is 12.6 Å². The van der Waals surface area contributed by atoms with Crippen LogP contribution in [0.15, 0.2) is 23.4 Å². The lowest BCUT2D eigenvalue weighted by molar-refractivity contribution is 0.404. The Balaban J connectivity index is 2.60. The minimum atomic E-state index is 0.324. The van der Waals surface area contributed by atoms with Gasteiger partial charge in [-0.3, -0.25) is 0 Å². The first kappa shape index (κ1) is 11.6. The SMILES string of the molecule is COc1ccc(OC)c(-c2nnc(S)n2N)c1. The minimum Gasteiger partial charge on any atom is -0.497 e. The summed E-state index contributed by atoms with van der Waals surface area (Å²) in [4.78, 5) is 0. The van der Waals surface area contributed by atoms with E-state index in [0.717, 1.165) is 0 Å². The maximum atomic E-state index is 5.77. The van der Waals surface area contributed by atoms with Crippen molar-refractivity contribution in [3.8, 4) is 22.9 Å². The lowest BCUT2D eigenvalue weighted by Gasteiger charge is -2.09. The van der Waals surface area contributed by atoms with Gasteiger partial charge in [-0.2, -0.15) is 0 Å². The van der Waals surface area contributed by atoms with Gasteiger partial charge >= 0.3 is 0 Å². The molecule has 0 saturated heterocycles. The normalized spacial score (nSPS) is 10.3. The zero-order valence-corrected chi connectivity index (χ0v) is 10.3. The van der Waals surface area contributed by atoms with Gasteiger partial charge in [0.25, 0.3) is 0 Å². The monoisotopic (exact) mass is 252 g/mol. The van der Waals surface area contributed by atoms with E-state index in [1.165, 1.54) is 4.68 Å². The Hall–Kier alpha value is -1.89. The molecule has 0 saturated carbocycles. The Morgan fingerprint density at radius 3 is 2.53 bits per heavy atom. The molecule has 0 fully saturated rings. The number of nitrogen functional groups attached to an aromatic ring is 1. The van der Waals surface area contributed by atoms with Gasteiger partial charge in [0, 0.05) is 0 Å². The highest BCUT2D eigenvalue weighted by Crippen LogP contribution is 2.32. The molecule has 0 aliphatic heterocycles. The van der Waals surface area contributed by atoms with Crippen molar-refractivity contribution in [3.63, 3.8) is 0 Å². The van der Waals surface area contributed by atoms with Crippen molar-refractivity contribution in [2.75, 3.05) is 20.1 Å². The van der Waals surface area contributed by atoms with E-state index >= 15 is 0 Å². The summed E-state index contributed by atoms with van der Waals surface area (Å²) < 4.78 is 11.7. The lowest BCUT2D eigenvalue weighted by atomic mass is 10.2. The molecule has 0 amide bonds. The third kappa shape index (κ3) is 2.01. The smallest absolute Gasteiger partial charge is 0.206 e. The molecule has 0 bridgehead atoms. The number of hydrogen-bond donors (Lipinski definition) is 2. The number of aromatic nitrogens is 3. The average molecular weight is 252 g/mol. The van der Waals surface area contributed by atoms with E-state index in [0.29, 0.717) is 28.0 Å². The molecule has 0 aliphatic carbocycles. The molecule has 7 heteroatoms. The number of thiol groups is 1. The zero-order valence-electron chi connectivity index (χ0n) is 9.41. The molecule has 0 aliphatic rings. The second kappa shape index (κ2) is 4.54. The highest BCUT2D eigenvalue weighted by molar-refractivity contribution is 7.80. The van der Waals surface area contributed by atoms with Crippen LogP contribution in [0.25, 0.3) is 11.4 Å². The molecular formula is C10H12N4O2S. The van der Waals surface area contributed by atoms with E-state index in [9.17, 15) is 0 Å². The highest BCUT2D eigenvalue weighted by atomic mass is 32.1. The van der Waals surface area contributed by atoms with Gasteiger partial charge in [0.05, 0.1) is 19.8 Å². The van der Waals surface area contributed by atoms with Crippen LogP contribution in [0.5, 0.6) is 11.5 Å². The van der Waals surface area contributed by atoms with Crippen molar-refractivity contribution in [2.24, 2.45) is 0 Å². The van der Waals surface area contributed by atoms with Crippen molar-refractivity contribution in [1.82, 2.24) is 14.9 Å². The zero-order chi connectivity index (χ0) is 12.4. The minimum absolute atomic E-state index is 0.324. The molecule has 1 aromatic carbocycles. The summed E-state index contributed by atoms with van der Waals surface area (Å²) in [6.07, 6.45) is 0. The van der Waals surface area contributed by atoms with E-state index in [1.807, 2.05) is 0 Å². The number of benzene rings is 1. The van der Waals surface area contributed by atoms with Gasteiger partial charge in [0.2, 0.25) is 5.16 Å². The van der Waals surface area contributed by atoms with E-state index in [1.54, 1.807) is 32.4 Å². The summed E-state index contributed by atoms with van der Waals surface area (Å²) in [5.41, 5.74) is 0.696. The summed E-state index contributed by atoms with van der Waals surface area (Å²) in [6.45, 7) is 0. The summed E-state index contributed by atoms with van der Waals surface area (Å²) in [5, 5.41) is 8.05. The third-order valence-electron chi connectivity index (χ3n) is 2.33. The van der Waals surface area contributed by atoms with Gasteiger partial charge in [0.15, 0.2) is 5.82 Å². The first-order chi connectivity index (χ1) is 8.17. The molecule has 17 heavy (non-hydrogen) atoms. The van der Waals surface area contributed by atoms with Gasteiger partial charge < -0.3 is 15.3 Å². The van der Waals surface area contributed by atoms with Crippen molar-refractivity contribution in [1.29, 1.82) is 0 Å². The summed E-state index contributed by atoms with van der Waals surface area (Å²) in [7, 11) is 3.16. The first-order valence-electron chi connectivity index (χ1n) is 4.79. The van der Waals surface area contributed by atoms with Gasteiger partial charge in [-0.25, -0.2) is 4.68 Å². The fourth-order valence-electron chi connectivity index (χ4n) is 1.46. The third-order valence-corrected chi connectivity index (χ3v) is 2.63. The largest absolute Gasteiger partial charge is 0.497 e. The molecule has 0 unspecified atom stereocenters. The van der Waals surface area contributed by atoms with Crippen molar-refractivity contribution < 1.29 is 9.47 Å². The maximum absolute atomic E-state index is 5.77. The molecule has 2 rings (SSSR count). The Morgan fingerprint density at radius 2 is 2.00 bits per heavy atom. The maximum Gasteiger partial charge on any atom is 0.206 e. The van der Waals surface area contributed by atoms with Crippen LogP contribution in [0.2, 0.25) is 0 Å². The van der Waals surface area contributed by atoms with E-state index in [2.05, 4.69) is 22.8 Å². The van der Waals surface area contributed by atoms with Gasteiger partial charge in [0.1, 0.15) is 11.5 Å². The number of methoxy groups -OCH3 is 2. The second-order valence-electron chi connectivity index (χ2n) is 3.26. The molecule has 2 N–H and O–H groups in total. The number of rotatable bonds is 3. The average Bonchev–Trinajstić information content (AvgIpc) is 2.69. The number of hydrogen-bond acceptors (Lipinski definition) is 6. The molecule has 1 aromatic heterocycles. The van der Waals surface area contributed by atoms with Crippen LogP contribution in [0.1, 0.15) is 0 Å². The van der Waals surface area contributed by atoms with E-state index in [4.69, 9.17) is 15.3 Å². The highest BCUT2D eigenvalue weighted by Gasteiger charge is 2.15. The standard InChI is InChI=1S/C10H12N4O2S/c1-15-6-3-4-8(16-2)7(5-6)9-12-13-10(17)14(9)11/h3-5H,11H2,1-2H3,(H,13,17). The Kier molecular flexibility index (Phi) is 3.10. The number of ether oxygens (including phenoxy) is 2. The van der Waals surface area contributed by atoms with Gasteiger partial charge in [-0.1, -0.05) is 0 Å².